The SMILES string of the molecule is C=CC(=O)N(Cc1coc(CC)n1)Cc1ccnn1CC1CCC1. The van der Waals surface area contributed by atoms with Crippen molar-refractivity contribution in [1.82, 2.24) is 19.7 Å². The first-order valence-corrected chi connectivity index (χ1v) is 8.55. The molecule has 2 aromatic heterocycles. The minimum absolute atomic E-state index is 0.118. The number of aryl methyl sites for hydroxylation is 1. The summed E-state index contributed by atoms with van der Waals surface area (Å²) in [5.41, 5.74) is 1.79. The summed E-state index contributed by atoms with van der Waals surface area (Å²) < 4.78 is 7.39. The average Bonchev–Trinajstić information content (AvgIpc) is 3.18. The predicted molar refractivity (Wildman–Crippen MR) is 89.9 cm³/mol. The van der Waals surface area contributed by atoms with Crippen LogP contribution in [0.3, 0.4) is 0 Å². The van der Waals surface area contributed by atoms with E-state index < -0.39 is 0 Å². The van der Waals surface area contributed by atoms with Crippen LogP contribution in [0.25, 0.3) is 0 Å². The molecule has 0 spiro atoms. The smallest absolute Gasteiger partial charge is 0.246 e. The third-order valence-electron chi connectivity index (χ3n) is 4.55. The number of aromatic nitrogens is 3. The van der Waals surface area contributed by atoms with Crippen molar-refractivity contribution >= 4 is 5.91 Å². The van der Waals surface area contributed by atoms with E-state index in [4.69, 9.17) is 4.42 Å². The molecule has 6 heteroatoms. The molecule has 24 heavy (non-hydrogen) atoms. The van der Waals surface area contributed by atoms with Crippen LogP contribution in [0, 0.1) is 5.92 Å². The Balaban J connectivity index is 1.71. The lowest BCUT2D eigenvalue weighted by Crippen LogP contribution is -2.30. The summed E-state index contributed by atoms with van der Waals surface area (Å²) in [5.74, 6) is 1.29. The number of hydrogen-bond acceptors (Lipinski definition) is 4. The number of amides is 1. The van der Waals surface area contributed by atoms with Crippen LogP contribution in [0.15, 0.2) is 35.6 Å². The van der Waals surface area contributed by atoms with Crippen LogP contribution in [0.5, 0.6) is 0 Å². The van der Waals surface area contributed by atoms with E-state index in [1.807, 2.05) is 17.7 Å². The average molecular weight is 328 g/mol. The lowest BCUT2D eigenvalue weighted by atomic mass is 9.85. The zero-order chi connectivity index (χ0) is 16.9. The van der Waals surface area contributed by atoms with Gasteiger partial charge in [-0.05, 0) is 30.9 Å². The van der Waals surface area contributed by atoms with Crippen molar-refractivity contribution in [3.63, 3.8) is 0 Å². The molecule has 6 nitrogen and oxygen atoms in total. The lowest BCUT2D eigenvalue weighted by molar-refractivity contribution is -0.127. The molecule has 1 saturated carbocycles. The van der Waals surface area contributed by atoms with E-state index in [0.717, 1.165) is 30.3 Å². The summed E-state index contributed by atoms with van der Waals surface area (Å²) in [5, 5.41) is 4.42. The van der Waals surface area contributed by atoms with E-state index in [1.165, 1.54) is 25.3 Å². The van der Waals surface area contributed by atoms with Crippen LogP contribution in [-0.2, 0) is 30.8 Å². The van der Waals surface area contributed by atoms with Gasteiger partial charge < -0.3 is 9.32 Å². The van der Waals surface area contributed by atoms with Crippen LogP contribution in [0.2, 0.25) is 0 Å². The second-order valence-electron chi connectivity index (χ2n) is 6.29. The van der Waals surface area contributed by atoms with Crippen LogP contribution < -0.4 is 0 Å². The number of oxazole rings is 1. The van der Waals surface area contributed by atoms with Gasteiger partial charge in [-0.2, -0.15) is 5.10 Å². The number of carbonyl (C=O) groups is 1. The largest absolute Gasteiger partial charge is 0.449 e. The van der Waals surface area contributed by atoms with Gasteiger partial charge in [0.25, 0.3) is 0 Å². The Morgan fingerprint density at radius 3 is 2.96 bits per heavy atom. The van der Waals surface area contributed by atoms with Crippen LogP contribution >= 0.6 is 0 Å². The molecule has 128 valence electrons. The zero-order valence-corrected chi connectivity index (χ0v) is 14.1. The Morgan fingerprint density at radius 2 is 2.33 bits per heavy atom. The molecule has 0 saturated heterocycles. The molecule has 1 fully saturated rings. The first kappa shape index (κ1) is 16.5. The lowest BCUT2D eigenvalue weighted by Gasteiger charge is -2.27. The van der Waals surface area contributed by atoms with E-state index >= 15 is 0 Å². The van der Waals surface area contributed by atoms with Gasteiger partial charge in [-0.3, -0.25) is 9.48 Å². The second kappa shape index (κ2) is 7.47. The quantitative estimate of drug-likeness (QED) is 0.699. The molecule has 1 aliphatic rings. The Morgan fingerprint density at radius 1 is 1.50 bits per heavy atom. The highest BCUT2D eigenvalue weighted by Gasteiger charge is 2.21. The van der Waals surface area contributed by atoms with Crippen molar-refractivity contribution in [2.75, 3.05) is 0 Å². The van der Waals surface area contributed by atoms with E-state index in [-0.39, 0.29) is 5.91 Å². The van der Waals surface area contributed by atoms with Gasteiger partial charge in [0.15, 0.2) is 5.89 Å². The zero-order valence-electron chi connectivity index (χ0n) is 14.1. The number of nitrogens with zero attached hydrogens (tertiary/aromatic N) is 4. The predicted octanol–water partition coefficient (Wildman–Crippen LogP) is 2.95. The third kappa shape index (κ3) is 3.75. The summed E-state index contributed by atoms with van der Waals surface area (Å²) >= 11 is 0. The van der Waals surface area contributed by atoms with Crippen molar-refractivity contribution in [2.45, 2.75) is 52.2 Å². The topological polar surface area (TPSA) is 64.2 Å². The number of rotatable bonds is 8. The molecule has 1 aliphatic carbocycles. The molecule has 0 aliphatic heterocycles. The summed E-state index contributed by atoms with van der Waals surface area (Å²) in [6.07, 6.45) is 9.36. The molecular weight excluding hydrogens is 304 g/mol. The highest BCUT2D eigenvalue weighted by Crippen LogP contribution is 2.28. The van der Waals surface area contributed by atoms with E-state index in [0.29, 0.717) is 19.0 Å². The van der Waals surface area contributed by atoms with Crippen LogP contribution in [-0.4, -0.2) is 25.6 Å². The maximum Gasteiger partial charge on any atom is 0.246 e. The summed E-state index contributed by atoms with van der Waals surface area (Å²) in [4.78, 5) is 18.4. The second-order valence-corrected chi connectivity index (χ2v) is 6.29. The first-order valence-electron chi connectivity index (χ1n) is 8.55. The summed E-state index contributed by atoms with van der Waals surface area (Å²) in [6.45, 7) is 7.43. The minimum atomic E-state index is -0.118. The molecule has 0 bridgehead atoms. The molecule has 2 aromatic rings. The van der Waals surface area contributed by atoms with Gasteiger partial charge in [0.2, 0.25) is 5.91 Å². The van der Waals surface area contributed by atoms with Gasteiger partial charge in [0.1, 0.15) is 6.26 Å². The Kier molecular flexibility index (Phi) is 5.13. The molecule has 0 N–H and O–H groups in total. The van der Waals surface area contributed by atoms with E-state index in [1.54, 1.807) is 17.4 Å². The molecule has 0 atom stereocenters. The van der Waals surface area contributed by atoms with Gasteiger partial charge >= 0.3 is 0 Å². The molecule has 0 aromatic carbocycles. The van der Waals surface area contributed by atoms with Gasteiger partial charge in [0, 0.05) is 19.2 Å². The first-order chi connectivity index (χ1) is 11.7. The number of carbonyl (C=O) groups excluding carboxylic acids is 1. The van der Waals surface area contributed by atoms with Gasteiger partial charge in [0.05, 0.1) is 24.5 Å². The highest BCUT2D eigenvalue weighted by atomic mass is 16.3. The Bertz CT molecular complexity index is 699. The molecule has 2 heterocycles. The molecular formula is C18H24N4O2. The highest BCUT2D eigenvalue weighted by molar-refractivity contribution is 5.86. The number of hydrogen-bond donors (Lipinski definition) is 0. The summed E-state index contributed by atoms with van der Waals surface area (Å²) in [7, 11) is 0. The van der Waals surface area contributed by atoms with Crippen molar-refractivity contribution in [3.05, 3.63) is 48.5 Å². The summed E-state index contributed by atoms with van der Waals surface area (Å²) in [6, 6.07) is 1.97. The molecule has 3 rings (SSSR count). The normalized spacial score (nSPS) is 14.4. The van der Waals surface area contributed by atoms with Crippen molar-refractivity contribution in [2.24, 2.45) is 5.92 Å². The third-order valence-corrected chi connectivity index (χ3v) is 4.55. The minimum Gasteiger partial charge on any atom is -0.449 e. The molecule has 0 radical (unpaired) electrons. The molecule has 1 amide bonds. The van der Waals surface area contributed by atoms with Crippen LogP contribution in [0.4, 0.5) is 0 Å². The van der Waals surface area contributed by atoms with Crippen LogP contribution in [0.1, 0.15) is 43.5 Å². The van der Waals surface area contributed by atoms with Crippen molar-refractivity contribution in [1.29, 1.82) is 0 Å². The van der Waals surface area contributed by atoms with Gasteiger partial charge in [-0.1, -0.05) is 19.9 Å². The Hall–Kier alpha value is -2.37. The fraction of sp³-hybridized carbons (Fsp3) is 0.500. The molecule has 0 unspecified atom stereocenters. The van der Waals surface area contributed by atoms with Gasteiger partial charge in [-0.15, -0.1) is 0 Å². The van der Waals surface area contributed by atoms with Crippen molar-refractivity contribution in [3.8, 4) is 0 Å². The maximum atomic E-state index is 12.2. The van der Waals surface area contributed by atoms with Gasteiger partial charge in [-0.25, -0.2) is 4.98 Å². The van der Waals surface area contributed by atoms with Crippen molar-refractivity contribution < 1.29 is 9.21 Å². The van der Waals surface area contributed by atoms with E-state index in [9.17, 15) is 4.79 Å². The fourth-order valence-corrected chi connectivity index (χ4v) is 2.89. The standard InChI is InChI=1S/C18H24N4O2/c1-3-17-20-15(13-24-17)11-21(18(23)4-2)12-16-8-9-19-22(16)10-14-6-5-7-14/h4,8-9,13-14H,2-3,5-7,10-12H2,1H3. The van der Waals surface area contributed by atoms with E-state index in [2.05, 4.69) is 16.7 Å². The fourth-order valence-electron chi connectivity index (χ4n) is 2.89. The maximum absolute atomic E-state index is 12.2. The monoisotopic (exact) mass is 328 g/mol. The Labute approximate surface area is 142 Å².